The Kier molecular flexibility index (Phi) is 3.91. The third-order valence-corrected chi connectivity index (χ3v) is 3.89. The summed E-state index contributed by atoms with van der Waals surface area (Å²) < 4.78 is 13.9. The molecule has 0 aliphatic carbocycles. The van der Waals surface area contributed by atoms with E-state index < -0.39 is 0 Å². The lowest BCUT2D eigenvalue weighted by Crippen LogP contribution is -2.08. The van der Waals surface area contributed by atoms with Crippen LogP contribution in [0.1, 0.15) is 5.69 Å². The van der Waals surface area contributed by atoms with Gasteiger partial charge in [-0.3, -0.25) is 4.79 Å². The quantitative estimate of drug-likeness (QED) is 0.480. The number of rotatable bonds is 2. The minimum Gasteiger partial charge on any atom is -0.398 e. The number of aromatic amines is 1. The van der Waals surface area contributed by atoms with Crippen molar-refractivity contribution in [3.8, 4) is 0 Å². The molecule has 0 fully saturated rings. The number of H-pyrrole nitrogens is 1. The number of halogens is 2. The minimum absolute atomic E-state index is 0.241. The molecule has 1 heterocycles. The van der Waals surface area contributed by atoms with Gasteiger partial charge in [-0.1, -0.05) is 0 Å². The Balaban J connectivity index is 2.39. The van der Waals surface area contributed by atoms with E-state index in [-0.39, 0.29) is 11.4 Å². The summed E-state index contributed by atoms with van der Waals surface area (Å²) in [6, 6.07) is 4.28. The van der Waals surface area contributed by atoms with E-state index in [9.17, 15) is 9.18 Å². The summed E-state index contributed by atoms with van der Waals surface area (Å²) in [5, 5.41) is 0.396. The fraction of sp³-hybridized carbons (Fsp3) is 0.0909. The van der Waals surface area contributed by atoms with Crippen molar-refractivity contribution in [1.29, 1.82) is 0 Å². The van der Waals surface area contributed by atoms with Gasteiger partial charge >= 0.3 is 0 Å². The number of nitrogen functional groups attached to an aromatic ring is 1. The van der Waals surface area contributed by atoms with Gasteiger partial charge in [-0.25, -0.2) is 9.37 Å². The van der Waals surface area contributed by atoms with E-state index in [0.717, 1.165) is 11.8 Å². The molecule has 4 nitrogen and oxygen atoms in total. The number of aromatic nitrogens is 2. The molecule has 7 heteroatoms. The number of benzene rings is 1. The van der Waals surface area contributed by atoms with Crippen molar-refractivity contribution in [2.24, 2.45) is 0 Å². The SMILES string of the molecule is Cc1cc(=O)[nH]c(Sc2cc(F)c(I)cc2N)n1. The van der Waals surface area contributed by atoms with Crippen LogP contribution in [-0.2, 0) is 0 Å². The first-order valence-corrected chi connectivity index (χ1v) is 6.85. The van der Waals surface area contributed by atoms with Gasteiger partial charge in [0.15, 0.2) is 5.16 Å². The predicted octanol–water partition coefficient (Wildman–Crippen LogP) is 2.56. The average Bonchev–Trinajstić information content (AvgIpc) is 2.24. The van der Waals surface area contributed by atoms with Gasteiger partial charge in [0.25, 0.3) is 5.56 Å². The van der Waals surface area contributed by atoms with E-state index in [1.807, 2.05) is 22.6 Å². The Hall–Kier alpha value is -1.09. The third kappa shape index (κ3) is 3.02. The van der Waals surface area contributed by atoms with Gasteiger partial charge in [0, 0.05) is 22.3 Å². The van der Waals surface area contributed by atoms with Crippen LogP contribution in [0.5, 0.6) is 0 Å². The number of anilines is 1. The first-order valence-electron chi connectivity index (χ1n) is 4.96. The second-order valence-corrected chi connectivity index (χ2v) is 5.79. The monoisotopic (exact) mass is 377 g/mol. The zero-order chi connectivity index (χ0) is 13.3. The number of nitrogens with zero attached hydrogens (tertiary/aromatic N) is 1. The average molecular weight is 377 g/mol. The van der Waals surface area contributed by atoms with Crippen LogP contribution >= 0.6 is 34.4 Å². The highest BCUT2D eigenvalue weighted by molar-refractivity contribution is 14.1. The van der Waals surface area contributed by atoms with Crippen LogP contribution in [0.4, 0.5) is 10.1 Å². The van der Waals surface area contributed by atoms with E-state index in [4.69, 9.17) is 5.73 Å². The van der Waals surface area contributed by atoms with Crippen molar-refractivity contribution in [2.75, 3.05) is 5.73 Å². The fourth-order valence-corrected chi connectivity index (χ4v) is 2.72. The van der Waals surface area contributed by atoms with Gasteiger partial charge in [-0.2, -0.15) is 0 Å². The van der Waals surface area contributed by atoms with Crippen LogP contribution in [0, 0.1) is 16.3 Å². The molecule has 1 aromatic heterocycles. The Morgan fingerprint density at radius 2 is 2.17 bits per heavy atom. The summed E-state index contributed by atoms with van der Waals surface area (Å²) in [5.41, 5.74) is 6.62. The summed E-state index contributed by atoms with van der Waals surface area (Å²) in [4.78, 5) is 18.5. The van der Waals surface area contributed by atoms with E-state index in [2.05, 4.69) is 9.97 Å². The largest absolute Gasteiger partial charge is 0.398 e. The van der Waals surface area contributed by atoms with Crippen molar-refractivity contribution in [3.05, 3.63) is 43.6 Å². The highest BCUT2D eigenvalue weighted by Crippen LogP contribution is 2.31. The highest BCUT2D eigenvalue weighted by Gasteiger charge is 2.09. The Labute approximate surface area is 120 Å². The second kappa shape index (κ2) is 5.27. The number of nitrogens with two attached hydrogens (primary N) is 1. The van der Waals surface area contributed by atoms with Gasteiger partial charge < -0.3 is 10.7 Å². The van der Waals surface area contributed by atoms with E-state index >= 15 is 0 Å². The van der Waals surface area contributed by atoms with Crippen LogP contribution in [0.15, 0.2) is 33.0 Å². The lowest BCUT2D eigenvalue weighted by Gasteiger charge is -2.06. The van der Waals surface area contributed by atoms with Gasteiger partial charge in [0.2, 0.25) is 0 Å². The van der Waals surface area contributed by atoms with E-state index in [1.165, 1.54) is 12.1 Å². The van der Waals surface area contributed by atoms with Crippen molar-refractivity contribution in [1.82, 2.24) is 9.97 Å². The standard InChI is InChI=1S/C11H9FIN3OS/c1-5-2-10(17)16-11(15-5)18-9-3-6(12)7(13)4-8(9)14/h2-4H,14H2,1H3,(H,15,16,17). The van der Waals surface area contributed by atoms with Crippen molar-refractivity contribution in [2.45, 2.75) is 17.0 Å². The molecule has 3 N–H and O–H groups in total. The summed E-state index contributed by atoms with van der Waals surface area (Å²) in [6.45, 7) is 1.72. The zero-order valence-corrected chi connectivity index (χ0v) is 12.3. The molecule has 0 radical (unpaired) electrons. The van der Waals surface area contributed by atoms with Crippen LogP contribution < -0.4 is 11.3 Å². The summed E-state index contributed by atoms with van der Waals surface area (Å²) in [5.74, 6) is -0.345. The number of nitrogens with one attached hydrogen (secondary N) is 1. The normalized spacial score (nSPS) is 10.6. The molecule has 0 bridgehead atoms. The molecule has 18 heavy (non-hydrogen) atoms. The smallest absolute Gasteiger partial charge is 0.251 e. The summed E-state index contributed by atoms with van der Waals surface area (Å²) in [7, 11) is 0. The predicted molar refractivity (Wildman–Crippen MR) is 77.2 cm³/mol. The van der Waals surface area contributed by atoms with E-state index in [0.29, 0.717) is 25.0 Å². The molecule has 0 spiro atoms. The molecule has 0 aliphatic rings. The van der Waals surface area contributed by atoms with Gasteiger partial charge in [0.05, 0.1) is 3.57 Å². The molecular formula is C11H9FIN3OS. The molecule has 0 amide bonds. The first-order chi connectivity index (χ1) is 8.45. The van der Waals surface area contributed by atoms with Crippen LogP contribution in [0.3, 0.4) is 0 Å². The van der Waals surface area contributed by atoms with Crippen molar-refractivity contribution >= 4 is 40.0 Å². The minimum atomic E-state index is -0.345. The van der Waals surface area contributed by atoms with Gasteiger partial charge in [0.1, 0.15) is 5.82 Å². The van der Waals surface area contributed by atoms with Crippen LogP contribution in [-0.4, -0.2) is 9.97 Å². The maximum atomic E-state index is 13.5. The molecule has 0 aliphatic heterocycles. The summed E-state index contributed by atoms with van der Waals surface area (Å²) >= 11 is 3.00. The molecular weight excluding hydrogens is 368 g/mol. The Morgan fingerprint density at radius 1 is 1.44 bits per heavy atom. The maximum Gasteiger partial charge on any atom is 0.251 e. The number of hydrogen-bond donors (Lipinski definition) is 2. The van der Waals surface area contributed by atoms with Crippen molar-refractivity contribution in [3.63, 3.8) is 0 Å². The molecule has 2 aromatic rings. The van der Waals surface area contributed by atoms with Crippen molar-refractivity contribution < 1.29 is 4.39 Å². The molecule has 2 rings (SSSR count). The van der Waals surface area contributed by atoms with E-state index in [1.54, 1.807) is 13.0 Å². The zero-order valence-electron chi connectivity index (χ0n) is 9.33. The first kappa shape index (κ1) is 13.3. The fourth-order valence-electron chi connectivity index (χ4n) is 1.34. The molecule has 94 valence electrons. The lowest BCUT2D eigenvalue weighted by atomic mass is 10.3. The topological polar surface area (TPSA) is 71.8 Å². The summed E-state index contributed by atoms with van der Waals surface area (Å²) in [6.07, 6.45) is 0. The van der Waals surface area contributed by atoms with Crippen LogP contribution in [0.2, 0.25) is 0 Å². The molecule has 0 saturated carbocycles. The second-order valence-electron chi connectivity index (χ2n) is 3.60. The molecule has 0 saturated heterocycles. The maximum absolute atomic E-state index is 13.5. The number of aryl methyl sites for hydroxylation is 1. The lowest BCUT2D eigenvalue weighted by molar-refractivity contribution is 0.617. The molecule has 0 unspecified atom stereocenters. The number of hydrogen-bond acceptors (Lipinski definition) is 4. The Morgan fingerprint density at radius 3 is 2.83 bits per heavy atom. The highest BCUT2D eigenvalue weighted by atomic mass is 127. The Bertz CT molecular complexity index is 659. The molecule has 0 atom stereocenters. The van der Waals surface area contributed by atoms with Gasteiger partial charge in [-0.05, 0) is 53.4 Å². The van der Waals surface area contributed by atoms with Gasteiger partial charge in [-0.15, -0.1) is 0 Å². The molecule has 1 aromatic carbocycles. The third-order valence-electron chi connectivity index (χ3n) is 2.11. The van der Waals surface area contributed by atoms with Crippen LogP contribution in [0.25, 0.3) is 0 Å².